The van der Waals surface area contributed by atoms with Gasteiger partial charge >= 0.3 is 0 Å². The molecule has 4 aromatic rings. The number of fused-ring (bicyclic) bond motifs is 5. The van der Waals surface area contributed by atoms with Crippen molar-refractivity contribution in [3.05, 3.63) is 52.7 Å². The Balaban J connectivity index is 1.72. The molecular weight excluding hydrogens is 368 g/mol. The molecular formula is C22H20N4OS. The van der Waals surface area contributed by atoms with Gasteiger partial charge in [-0.1, -0.05) is 0 Å². The van der Waals surface area contributed by atoms with Crippen molar-refractivity contribution in [1.29, 1.82) is 0 Å². The van der Waals surface area contributed by atoms with Crippen LogP contribution >= 0.6 is 11.3 Å². The SMILES string of the molecule is Cc1cc(C)c(-c2ccc3c(ccc4sc5c(c43)NC[C@@H](C)NC5=O)n2)cn1. The Morgan fingerprint density at radius 2 is 2.04 bits per heavy atom. The lowest BCUT2D eigenvalue weighted by Crippen LogP contribution is -2.34. The molecule has 3 aromatic heterocycles. The summed E-state index contributed by atoms with van der Waals surface area (Å²) in [4.78, 5) is 22.6. The maximum absolute atomic E-state index is 12.6. The van der Waals surface area contributed by atoms with Crippen LogP contribution < -0.4 is 10.6 Å². The van der Waals surface area contributed by atoms with E-state index in [-0.39, 0.29) is 11.9 Å². The fourth-order valence-electron chi connectivity index (χ4n) is 3.84. The molecule has 1 aromatic carbocycles. The third kappa shape index (κ3) is 2.64. The molecule has 0 fully saturated rings. The van der Waals surface area contributed by atoms with Crippen LogP contribution in [0.15, 0.2) is 36.5 Å². The van der Waals surface area contributed by atoms with Crippen molar-refractivity contribution in [2.45, 2.75) is 26.8 Å². The van der Waals surface area contributed by atoms with Gasteiger partial charge in [-0.05, 0) is 56.7 Å². The van der Waals surface area contributed by atoms with Crippen LogP contribution in [-0.4, -0.2) is 28.5 Å². The number of nitrogens with one attached hydrogen (secondary N) is 2. The van der Waals surface area contributed by atoms with Gasteiger partial charge in [-0.15, -0.1) is 11.3 Å². The zero-order valence-corrected chi connectivity index (χ0v) is 16.8. The van der Waals surface area contributed by atoms with Gasteiger partial charge in [0.25, 0.3) is 5.91 Å². The number of aryl methyl sites for hydroxylation is 2. The van der Waals surface area contributed by atoms with Crippen molar-refractivity contribution in [2.75, 3.05) is 11.9 Å². The number of pyridine rings is 2. The van der Waals surface area contributed by atoms with E-state index < -0.39 is 0 Å². The molecule has 0 unspecified atom stereocenters. The summed E-state index contributed by atoms with van der Waals surface area (Å²) in [5, 5.41) is 8.65. The van der Waals surface area contributed by atoms with Gasteiger partial charge in [0, 0.05) is 45.5 Å². The van der Waals surface area contributed by atoms with E-state index in [0.29, 0.717) is 6.54 Å². The smallest absolute Gasteiger partial charge is 0.263 e. The molecule has 5 nitrogen and oxygen atoms in total. The highest BCUT2D eigenvalue weighted by atomic mass is 32.1. The predicted octanol–water partition coefficient (Wildman–Crippen LogP) is 4.67. The van der Waals surface area contributed by atoms with E-state index in [1.807, 2.05) is 32.2 Å². The van der Waals surface area contributed by atoms with Crippen LogP contribution in [0.1, 0.15) is 27.9 Å². The van der Waals surface area contributed by atoms with Crippen LogP contribution in [0.2, 0.25) is 0 Å². The highest BCUT2D eigenvalue weighted by molar-refractivity contribution is 7.21. The first-order valence-corrected chi connectivity index (χ1v) is 10.2. The summed E-state index contributed by atoms with van der Waals surface area (Å²) < 4.78 is 1.09. The number of nitrogens with zero attached hydrogens (tertiary/aromatic N) is 2. The zero-order chi connectivity index (χ0) is 19.4. The van der Waals surface area contributed by atoms with E-state index >= 15 is 0 Å². The van der Waals surface area contributed by atoms with Crippen LogP contribution in [0.4, 0.5) is 5.69 Å². The number of hydrogen-bond donors (Lipinski definition) is 2. The molecule has 2 N–H and O–H groups in total. The number of aromatic nitrogens is 2. The van der Waals surface area contributed by atoms with E-state index in [4.69, 9.17) is 4.98 Å². The fourth-order valence-corrected chi connectivity index (χ4v) is 4.94. The van der Waals surface area contributed by atoms with Gasteiger partial charge in [-0.2, -0.15) is 0 Å². The Kier molecular flexibility index (Phi) is 3.84. The molecule has 1 aliphatic heterocycles. The number of thiophene rings is 1. The van der Waals surface area contributed by atoms with Gasteiger partial charge in [0.1, 0.15) is 4.88 Å². The van der Waals surface area contributed by atoms with E-state index in [1.165, 1.54) is 11.3 Å². The van der Waals surface area contributed by atoms with Crippen molar-refractivity contribution in [2.24, 2.45) is 0 Å². The molecule has 0 spiro atoms. The molecule has 0 radical (unpaired) electrons. The second-order valence-corrected chi connectivity index (χ2v) is 8.46. The Hall–Kier alpha value is -2.99. The summed E-state index contributed by atoms with van der Waals surface area (Å²) in [6, 6.07) is 10.4. The van der Waals surface area contributed by atoms with Crippen LogP contribution in [-0.2, 0) is 0 Å². The van der Waals surface area contributed by atoms with Gasteiger partial charge in [0.05, 0.1) is 16.9 Å². The summed E-state index contributed by atoms with van der Waals surface area (Å²) in [6.07, 6.45) is 1.89. The van der Waals surface area contributed by atoms with E-state index in [9.17, 15) is 4.79 Å². The average molecular weight is 388 g/mol. The molecule has 140 valence electrons. The Bertz CT molecular complexity index is 1260. The number of hydrogen-bond acceptors (Lipinski definition) is 5. The summed E-state index contributed by atoms with van der Waals surface area (Å²) in [6.45, 7) is 6.80. The van der Waals surface area contributed by atoms with Crippen molar-refractivity contribution in [3.8, 4) is 11.3 Å². The first kappa shape index (κ1) is 17.1. The standard InChI is InChI=1S/C22H20N4OS/c1-11-8-12(2)23-10-15(11)17-5-4-14-16(26-17)6-7-18-19(14)20-21(28-18)22(27)25-13(3)9-24-20/h4-8,10,13,24H,9H2,1-3H3,(H,25,27)/t13-/m1/s1. The highest BCUT2D eigenvalue weighted by Crippen LogP contribution is 2.41. The van der Waals surface area contributed by atoms with Gasteiger partial charge in [0.2, 0.25) is 0 Å². The minimum atomic E-state index is -0.00668. The van der Waals surface area contributed by atoms with E-state index in [0.717, 1.165) is 54.1 Å². The minimum absolute atomic E-state index is 0.00668. The molecule has 1 amide bonds. The van der Waals surface area contributed by atoms with Crippen LogP contribution in [0.25, 0.3) is 32.2 Å². The van der Waals surface area contributed by atoms with Gasteiger partial charge in [0.15, 0.2) is 0 Å². The molecule has 1 atom stereocenters. The van der Waals surface area contributed by atoms with Crippen LogP contribution in [0.5, 0.6) is 0 Å². The van der Waals surface area contributed by atoms with Crippen LogP contribution in [0, 0.1) is 13.8 Å². The molecule has 4 heterocycles. The molecule has 1 aliphatic rings. The number of benzene rings is 1. The maximum atomic E-state index is 12.6. The topological polar surface area (TPSA) is 66.9 Å². The third-order valence-electron chi connectivity index (χ3n) is 5.21. The second kappa shape index (κ2) is 6.27. The number of carbonyl (C=O) groups excluding carboxylic acids is 1. The highest BCUT2D eigenvalue weighted by Gasteiger charge is 2.24. The number of rotatable bonds is 1. The van der Waals surface area contributed by atoms with Crippen molar-refractivity contribution in [1.82, 2.24) is 15.3 Å². The lowest BCUT2D eigenvalue weighted by Gasteiger charge is -2.10. The Labute approximate surface area is 166 Å². The van der Waals surface area contributed by atoms with Gasteiger partial charge < -0.3 is 10.6 Å². The van der Waals surface area contributed by atoms with Crippen LogP contribution in [0.3, 0.4) is 0 Å². The molecule has 5 rings (SSSR count). The lowest BCUT2D eigenvalue weighted by molar-refractivity contribution is 0.0949. The van der Waals surface area contributed by atoms with Gasteiger partial charge in [-0.25, -0.2) is 4.98 Å². The third-order valence-corrected chi connectivity index (χ3v) is 6.37. The van der Waals surface area contributed by atoms with E-state index in [2.05, 4.69) is 40.7 Å². The number of amides is 1. The summed E-state index contributed by atoms with van der Waals surface area (Å²) in [7, 11) is 0. The summed E-state index contributed by atoms with van der Waals surface area (Å²) >= 11 is 1.53. The average Bonchev–Trinajstić information content (AvgIpc) is 2.98. The number of carbonyl (C=O) groups is 1. The molecule has 0 saturated heterocycles. The molecule has 6 heteroatoms. The molecule has 0 bridgehead atoms. The molecule has 28 heavy (non-hydrogen) atoms. The summed E-state index contributed by atoms with van der Waals surface area (Å²) in [5.41, 5.74) is 5.97. The van der Waals surface area contributed by atoms with Gasteiger partial charge in [-0.3, -0.25) is 9.78 Å². The lowest BCUT2D eigenvalue weighted by atomic mass is 10.0. The first-order valence-electron chi connectivity index (χ1n) is 9.36. The fraction of sp³-hybridized carbons (Fsp3) is 0.227. The second-order valence-electron chi connectivity index (χ2n) is 7.40. The monoisotopic (exact) mass is 388 g/mol. The zero-order valence-electron chi connectivity index (χ0n) is 16.0. The summed E-state index contributed by atoms with van der Waals surface area (Å²) in [5.74, 6) is -0.00668. The number of anilines is 1. The minimum Gasteiger partial charge on any atom is -0.381 e. The predicted molar refractivity (Wildman–Crippen MR) is 115 cm³/mol. The first-order chi connectivity index (χ1) is 13.5. The quantitative estimate of drug-likeness (QED) is 0.497. The Morgan fingerprint density at radius 1 is 1.18 bits per heavy atom. The van der Waals surface area contributed by atoms with Crippen molar-refractivity contribution in [3.63, 3.8) is 0 Å². The maximum Gasteiger partial charge on any atom is 0.263 e. The normalized spacial score (nSPS) is 16.5. The van der Waals surface area contributed by atoms with Crippen molar-refractivity contribution >= 4 is 43.9 Å². The molecule has 0 aliphatic carbocycles. The molecule has 0 saturated carbocycles. The van der Waals surface area contributed by atoms with E-state index in [1.54, 1.807) is 0 Å². The Morgan fingerprint density at radius 3 is 2.86 bits per heavy atom. The van der Waals surface area contributed by atoms with Crippen molar-refractivity contribution < 1.29 is 4.79 Å². The largest absolute Gasteiger partial charge is 0.381 e.